The average molecular weight is 398 g/mol. The van der Waals surface area contributed by atoms with Gasteiger partial charge in [0.1, 0.15) is 5.69 Å². The van der Waals surface area contributed by atoms with E-state index in [0.29, 0.717) is 5.69 Å². The van der Waals surface area contributed by atoms with Gasteiger partial charge in [-0.2, -0.15) is 0 Å². The first-order valence-corrected chi connectivity index (χ1v) is 9.48. The van der Waals surface area contributed by atoms with E-state index in [2.05, 4.69) is 10.6 Å². The molecule has 0 radical (unpaired) electrons. The van der Waals surface area contributed by atoms with Crippen LogP contribution in [-0.4, -0.2) is 29.0 Å². The van der Waals surface area contributed by atoms with Gasteiger partial charge in [-0.1, -0.05) is 6.07 Å². The third-order valence-electron chi connectivity index (χ3n) is 4.59. The Kier molecular flexibility index (Phi) is 5.89. The lowest BCUT2D eigenvalue weighted by Crippen LogP contribution is -2.34. The number of nitrogens with zero attached hydrogens (tertiary/aromatic N) is 2. The van der Waals surface area contributed by atoms with Crippen molar-refractivity contribution < 1.29 is 9.72 Å². The Labute approximate surface area is 168 Å². The summed E-state index contributed by atoms with van der Waals surface area (Å²) in [6.45, 7) is 5.52. The van der Waals surface area contributed by atoms with Crippen LogP contribution in [0.4, 0.5) is 17.1 Å². The highest BCUT2D eigenvalue weighted by Gasteiger charge is 2.24. The smallest absolute Gasteiger partial charge is 0.293 e. The van der Waals surface area contributed by atoms with Crippen LogP contribution in [0.25, 0.3) is 0 Å². The molecule has 1 amide bonds. The normalized spacial score (nSPS) is 13.3. The van der Waals surface area contributed by atoms with Crippen LogP contribution in [0.1, 0.15) is 34.3 Å². The van der Waals surface area contributed by atoms with Crippen molar-refractivity contribution in [2.24, 2.45) is 0 Å². The lowest BCUT2D eigenvalue weighted by atomic mass is 10.1. The molecule has 2 aromatic rings. The van der Waals surface area contributed by atoms with Gasteiger partial charge in [-0.15, -0.1) is 0 Å². The summed E-state index contributed by atoms with van der Waals surface area (Å²) in [4.78, 5) is 25.5. The van der Waals surface area contributed by atoms with Crippen LogP contribution in [-0.2, 0) is 0 Å². The lowest BCUT2D eigenvalue weighted by Gasteiger charge is -2.18. The van der Waals surface area contributed by atoms with Crippen LogP contribution in [0.2, 0.25) is 0 Å². The summed E-state index contributed by atoms with van der Waals surface area (Å²) in [6.07, 6.45) is 2.02. The number of nitrogens with one attached hydrogen (secondary N) is 2. The van der Waals surface area contributed by atoms with Crippen molar-refractivity contribution in [3.05, 3.63) is 63.2 Å². The topological polar surface area (TPSA) is 87.5 Å². The Morgan fingerprint density at radius 2 is 1.75 bits per heavy atom. The quantitative estimate of drug-likeness (QED) is 0.461. The number of hydrogen-bond acceptors (Lipinski definition) is 5. The van der Waals surface area contributed by atoms with Gasteiger partial charge in [0.25, 0.3) is 11.6 Å². The Bertz CT molecular complexity index is 919. The molecular weight excluding hydrogens is 376 g/mol. The number of nitro groups is 1. The van der Waals surface area contributed by atoms with Gasteiger partial charge in [0.15, 0.2) is 5.11 Å². The zero-order chi connectivity index (χ0) is 20.3. The van der Waals surface area contributed by atoms with Crippen LogP contribution >= 0.6 is 12.2 Å². The molecule has 0 aromatic heterocycles. The van der Waals surface area contributed by atoms with Crippen LogP contribution in [0.15, 0.2) is 36.4 Å². The highest BCUT2D eigenvalue weighted by Crippen LogP contribution is 2.31. The molecule has 0 unspecified atom stereocenters. The van der Waals surface area contributed by atoms with E-state index in [-0.39, 0.29) is 16.4 Å². The number of carbonyl (C=O) groups is 1. The van der Waals surface area contributed by atoms with Crippen molar-refractivity contribution in [3.63, 3.8) is 0 Å². The SMILES string of the molecule is Cc1cc(C)cc(NC(=S)NC(=O)c2ccc(N3CCCC3)c([N+](=O)[O-])c2)c1. The Balaban J connectivity index is 1.73. The first kappa shape index (κ1) is 19.8. The number of thiocarbonyl (C=S) groups is 1. The molecule has 1 aliphatic rings. The van der Waals surface area contributed by atoms with E-state index in [1.54, 1.807) is 12.1 Å². The molecule has 0 atom stereocenters. The lowest BCUT2D eigenvalue weighted by molar-refractivity contribution is -0.384. The molecule has 0 saturated carbocycles. The Morgan fingerprint density at radius 1 is 1.11 bits per heavy atom. The molecule has 3 rings (SSSR count). The second kappa shape index (κ2) is 8.35. The molecule has 0 aliphatic carbocycles. The predicted octanol–water partition coefficient (Wildman–Crippen LogP) is 3.94. The number of carbonyl (C=O) groups excluding carboxylic acids is 1. The van der Waals surface area contributed by atoms with Gasteiger partial charge < -0.3 is 10.2 Å². The van der Waals surface area contributed by atoms with E-state index < -0.39 is 10.8 Å². The van der Waals surface area contributed by atoms with E-state index >= 15 is 0 Å². The van der Waals surface area contributed by atoms with E-state index in [1.807, 2.05) is 36.9 Å². The van der Waals surface area contributed by atoms with Crippen molar-refractivity contribution in [2.45, 2.75) is 26.7 Å². The van der Waals surface area contributed by atoms with Gasteiger partial charge in [-0.05, 0) is 74.3 Å². The standard InChI is InChI=1S/C20H22N4O3S/c1-13-9-14(2)11-16(10-13)21-20(28)22-19(25)15-5-6-17(18(12-15)24(26)27)23-7-3-4-8-23/h5-6,9-12H,3-4,7-8H2,1-2H3,(H2,21,22,25,28). The van der Waals surface area contributed by atoms with Crippen molar-refractivity contribution in [2.75, 3.05) is 23.3 Å². The first-order valence-electron chi connectivity index (χ1n) is 9.07. The minimum absolute atomic E-state index is 0.0669. The number of nitro benzene ring substituents is 1. The van der Waals surface area contributed by atoms with Gasteiger partial charge in [0.2, 0.25) is 0 Å². The molecule has 0 bridgehead atoms. The summed E-state index contributed by atoms with van der Waals surface area (Å²) < 4.78 is 0. The Hall–Kier alpha value is -3.00. The van der Waals surface area contributed by atoms with E-state index in [4.69, 9.17) is 12.2 Å². The van der Waals surface area contributed by atoms with E-state index in [1.165, 1.54) is 6.07 Å². The van der Waals surface area contributed by atoms with Crippen LogP contribution in [0, 0.1) is 24.0 Å². The second-order valence-electron chi connectivity index (χ2n) is 6.94. The number of amides is 1. The molecule has 7 nitrogen and oxygen atoms in total. The maximum Gasteiger partial charge on any atom is 0.293 e. The molecule has 1 heterocycles. The monoisotopic (exact) mass is 398 g/mol. The number of hydrogen-bond donors (Lipinski definition) is 2. The van der Waals surface area contributed by atoms with E-state index in [0.717, 1.165) is 42.7 Å². The molecular formula is C20H22N4O3S. The number of benzene rings is 2. The molecule has 0 spiro atoms. The van der Waals surface area contributed by atoms with Crippen LogP contribution < -0.4 is 15.5 Å². The van der Waals surface area contributed by atoms with Crippen LogP contribution in [0.5, 0.6) is 0 Å². The highest BCUT2D eigenvalue weighted by molar-refractivity contribution is 7.80. The summed E-state index contributed by atoms with van der Waals surface area (Å²) in [5, 5.41) is 17.2. The summed E-state index contributed by atoms with van der Waals surface area (Å²) >= 11 is 5.21. The van der Waals surface area contributed by atoms with E-state index in [9.17, 15) is 14.9 Å². The highest BCUT2D eigenvalue weighted by atomic mass is 32.1. The van der Waals surface area contributed by atoms with Crippen molar-refractivity contribution in [1.29, 1.82) is 0 Å². The molecule has 1 fully saturated rings. The molecule has 146 valence electrons. The number of anilines is 2. The fourth-order valence-corrected chi connectivity index (χ4v) is 3.63. The minimum Gasteiger partial charge on any atom is -0.366 e. The third kappa shape index (κ3) is 4.64. The maximum atomic E-state index is 12.5. The number of aryl methyl sites for hydroxylation is 2. The van der Waals surface area contributed by atoms with Gasteiger partial charge in [0.05, 0.1) is 4.92 Å². The number of rotatable bonds is 4. The van der Waals surface area contributed by atoms with Gasteiger partial charge in [-0.25, -0.2) is 0 Å². The van der Waals surface area contributed by atoms with Gasteiger partial charge in [-0.3, -0.25) is 20.2 Å². The zero-order valence-corrected chi connectivity index (χ0v) is 16.6. The Morgan fingerprint density at radius 3 is 2.36 bits per heavy atom. The van der Waals surface area contributed by atoms with Gasteiger partial charge >= 0.3 is 0 Å². The summed E-state index contributed by atoms with van der Waals surface area (Å²) in [7, 11) is 0. The minimum atomic E-state index is -0.488. The summed E-state index contributed by atoms with van der Waals surface area (Å²) in [6, 6.07) is 10.4. The summed E-state index contributed by atoms with van der Waals surface area (Å²) in [5.74, 6) is -0.488. The molecule has 2 aromatic carbocycles. The molecule has 1 aliphatic heterocycles. The molecule has 1 saturated heterocycles. The van der Waals surface area contributed by atoms with Crippen molar-refractivity contribution >= 4 is 40.3 Å². The predicted molar refractivity (Wildman–Crippen MR) is 114 cm³/mol. The van der Waals surface area contributed by atoms with Crippen LogP contribution in [0.3, 0.4) is 0 Å². The van der Waals surface area contributed by atoms with Crippen molar-refractivity contribution in [3.8, 4) is 0 Å². The summed E-state index contributed by atoms with van der Waals surface area (Å²) in [5.41, 5.74) is 3.60. The molecule has 28 heavy (non-hydrogen) atoms. The molecule has 8 heteroatoms. The third-order valence-corrected chi connectivity index (χ3v) is 4.79. The second-order valence-corrected chi connectivity index (χ2v) is 7.35. The average Bonchev–Trinajstić information content (AvgIpc) is 3.14. The fraction of sp³-hybridized carbons (Fsp3) is 0.300. The first-order chi connectivity index (χ1) is 13.3. The molecule has 2 N–H and O–H groups in total. The zero-order valence-electron chi connectivity index (χ0n) is 15.8. The largest absolute Gasteiger partial charge is 0.366 e. The van der Waals surface area contributed by atoms with Gasteiger partial charge in [0, 0.05) is 30.4 Å². The van der Waals surface area contributed by atoms with Crippen molar-refractivity contribution in [1.82, 2.24) is 5.32 Å². The fourth-order valence-electron chi connectivity index (χ4n) is 3.42. The maximum absolute atomic E-state index is 12.5.